The van der Waals surface area contributed by atoms with E-state index < -0.39 is 5.54 Å². The molecule has 1 aromatic heterocycles. The molecule has 4 aromatic rings. The first kappa shape index (κ1) is 25.9. The summed E-state index contributed by atoms with van der Waals surface area (Å²) in [6, 6.07) is 19.9. The van der Waals surface area contributed by atoms with Crippen molar-refractivity contribution < 1.29 is 23.5 Å². The molecule has 0 saturated carbocycles. The predicted molar refractivity (Wildman–Crippen MR) is 150 cm³/mol. The third-order valence-corrected chi connectivity index (χ3v) is 8.16. The van der Waals surface area contributed by atoms with Crippen LogP contribution >= 0.6 is 0 Å². The van der Waals surface area contributed by atoms with Gasteiger partial charge in [-0.3, -0.25) is 9.59 Å². The smallest absolute Gasteiger partial charge is 0.255 e. The van der Waals surface area contributed by atoms with Crippen LogP contribution in [0.25, 0.3) is 10.9 Å². The molecule has 0 unspecified atom stereocenters. The average molecular weight is 542 g/mol. The zero-order chi connectivity index (χ0) is 28.0. The van der Waals surface area contributed by atoms with E-state index in [1.165, 1.54) is 12.1 Å². The fourth-order valence-electron chi connectivity index (χ4n) is 6.15. The highest BCUT2D eigenvalue weighted by molar-refractivity contribution is 6.01. The number of piperazine rings is 1. The second-order valence-electron chi connectivity index (χ2n) is 10.6. The fourth-order valence-corrected chi connectivity index (χ4v) is 6.15. The lowest BCUT2D eigenvalue weighted by Crippen LogP contribution is -2.67. The first-order valence-electron chi connectivity index (χ1n) is 13.6. The first-order valence-corrected chi connectivity index (χ1v) is 13.6. The van der Waals surface area contributed by atoms with E-state index in [1.807, 2.05) is 43.3 Å². The summed E-state index contributed by atoms with van der Waals surface area (Å²) in [4.78, 5) is 34.8. The van der Waals surface area contributed by atoms with E-state index in [4.69, 9.17) is 9.47 Å². The van der Waals surface area contributed by atoms with Crippen molar-refractivity contribution in [3.05, 3.63) is 94.9 Å². The third kappa shape index (κ3) is 4.10. The Hall–Kier alpha value is -4.33. The van der Waals surface area contributed by atoms with Gasteiger partial charge in [0.2, 0.25) is 5.91 Å². The van der Waals surface area contributed by atoms with E-state index in [9.17, 15) is 14.0 Å². The highest BCUT2D eigenvalue weighted by Crippen LogP contribution is 2.49. The van der Waals surface area contributed by atoms with E-state index in [-0.39, 0.29) is 36.6 Å². The number of benzene rings is 3. The Labute approximate surface area is 232 Å². The molecule has 2 aliphatic rings. The van der Waals surface area contributed by atoms with Crippen molar-refractivity contribution in [3.63, 3.8) is 0 Å². The predicted octanol–water partition coefficient (Wildman–Crippen LogP) is 5.34. The summed E-state index contributed by atoms with van der Waals surface area (Å²) in [5.41, 5.74) is 3.16. The van der Waals surface area contributed by atoms with E-state index in [0.29, 0.717) is 24.7 Å². The molecule has 3 aromatic carbocycles. The number of aromatic amines is 1. The van der Waals surface area contributed by atoms with Gasteiger partial charge in [-0.2, -0.15) is 0 Å². The van der Waals surface area contributed by atoms with Gasteiger partial charge in [0.05, 0.1) is 19.4 Å². The number of carbonyl (C=O) groups excluding carboxylic acids is 2. The summed E-state index contributed by atoms with van der Waals surface area (Å²) in [6.07, 6.45) is 0.883. The molecule has 1 fully saturated rings. The van der Waals surface area contributed by atoms with Gasteiger partial charge in [0.1, 0.15) is 12.4 Å². The second kappa shape index (κ2) is 10.0. The minimum atomic E-state index is -1.21. The molecule has 2 amide bonds. The molecule has 0 spiro atoms. The third-order valence-electron chi connectivity index (χ3n) is 8.16. The molecule has 1 N–H and O–H groups in total. The molecule has 8 heteroatoms. The Morgan fingerprint density at radius 1 is 1.05 bits per heavy atom. The largest absolute Gasteiger partial charge is 0.493 e. The number of hydrogen-bond donors (Lipinski definition) is 1. The lowest BCUT2D eigenvalue weighted by atomic mass is 9.76. The quantitative estimate of drug-likeness (QED) is 0.343. The summed E-state index contributed by atoms with van der Waals surface area (Å²) in [6.45, 7) is 5.00. The molecule has 0 aliphatic carbocycles. The van der Waals surface area contributed by atoms with Crippen molar-refractivity contribution in [3.8, 4) is 11.5 Å². The van der Waals surface area contributed by atoms with E-state index >= 15 is 0 Å². The Kier molecular flexibility index (Phi) is 6.49. The average Bonchev–Trinajstić information content (AvgIpc) is 3.37. The lowest BCUT2D eigenvalue weighted by molar-refractivity contribution is -0.166. The van der Waals surface area contributed by atoms with Crippen molar-refractivity contribution in [2.75, 3.05) is 26.8 Å². The van der Waals surface area contributed by atoms with Crippen molar-refractivity contribution in [1.29, 1.82) is 0 Å². The molecule has 1 saturated heterocycles. The minimum Gasteiger partial charge on any atom is -0.493 e. The number of nitrogens with one attached hydrogen (secondary N) is 1. The Bertz CT molecular complexity index is 1600. The van der Waals surface area contributed by atoms with Crippen LogP contribution in [-0.2, 0) is 21.7 Å². The first-order chi connectivity index (χ1) is 19.3. The molecule has 40 heavy (non-hydrogen) atoms. The number of H-pyrrole nitrogens is 1. The molecule has 3 heterocycles. The molecular weight excluding hydrogens is 509 g/mol. The number of amides is 2. The van der Waals surface area contributed by atoms with Crippen molar-refractivity contribution in [1.82, 2.24) is 14.8 Å². The van der Waals surface area contributed by atoms with Crippen LogP contribution in [-0.4, -0.2) is 53.4 Å². The van der Waals surface area contributed by atoms with Gasteiger partial charge in [-0.15, -0.1) is 0 Å². The van der Waals surface area contributed by atoms with E-state index in [0.717, 1.165) is 39.7 Å². The van der Waals surface area contributed by atoms with Crippen molar-refractivity contribution in [2.45, 2.75) is 38.3 Å². The Morgan fingerprint density at radius 3 is 2.58 bits per heavy atom. The SMILES string of the molecule is CCCOc1ccc([C@H]2CN3C(=O)CN(Cc4ccc(F)cc4)C(=O)[C@]3(C)c3[nH]c4ccccc4c32)cc1OC. The zero-order valence-electron chi connectivity index (χ0n) is 22.9. The summed E-state index contributed by atoms with van der Waals surface area (Å²) in [5.74, 6) is 0.483. The van der Waals surface area contributed by atoms with Gasteiger partial charge in [-0.25, -0.2) is 4.39 Å². The van der Waals surface area contributed by atoms with Crippen LogP contribution < -0.4 is 9.47 Å². The van der Waals surface area contributed by atoms with Gasteiger partial charge in [-0.1, -0.05) is 43.3 Å². The molecule has 7 nitrogen and oxygen atoms in total. The summed E-state index contributed by atoms with van der Waals surface area (Å²) in [5, 5.41) is 1.02. The Balaban J connectivity index is 1.46. The Morgan fingerprint density at radius 2 is 1.82 bits per heavy atom. The monoisotopic (exact) mass is 541 g/mol. The molecule has 2 aliphatic heterocycles. The van der Waals surface area contributed by atoms with Crippen LogP contribution in [0.3, 0.4) is 0 Å². The number of nitrogens with zero attached hydrogens (tertiary/aromatic N) is 2. The van der Waals surface area contributed by atoms with Crippen LogP contribution in [0.5, 0.6) is 11.5 Å². The number of aromatic nitrogens is 1. The molecule has 2 atom stereocenters. The lowest BCUT2D eigenvalue weighted by Gasteiger charge is -2.51. The number of hydrogen-bond acceptors (Lipinski definition) is 4. The maximum absolute atomic E-state index is 14.2. The van der Waals surface area contributed by atoms with Gasteiger partial charge < -0.3 is 24.3 Å². The molecule has 6 rings (SSSR count). The van der Waals surface area contributed by atoms with E-state index in [2.05, 4.69) is 18.0 Å². The number of fused-ring (bicyclic) bond motifs is 5. The molecule has 206 valence electrons. The fraction of sp³-hybridized carbons (Fsp3) is 0.312. The number of para-hydroxylation sites is 1. The molecule has 0 bridgehead atoms. The highest BCUT2D eigenvalue weighted by Gasteiger charge is 2.56. The van der Waals surface area contributed by atoms with Crippen molar-refractivity contribution >= 4 is 22.7 Å². The standard InChI is InChI=1S/C32H32FN3O4/c1-4-15-40-26-14-11-21(16-27(26)39-3)24-18-36-28(37)19-35(17-20-9-12-22(33)13-10-20)31(38)32(36,2)30-29(24)23-7-5-6-8-25(23)34-30/h5-14,16,24,34H,4,15,17-19H2,1-3H3/t24-,32+/m1/s1. The summed E-state index contributed by atoms with van der Waals surface area (Å²) < 4.78 is 25.0. The van der Waals surface area contributed by atoms with Gasteiger partial charge >= 0.3 is 0 Å². The maximum Gasteiger partial charge on any atom is 0.255 e. The van der Waals surface area contributed by atoms with Crippen LogP contribution in [0.15, 0.2) is 66.7 Å². The number of rotatable bonds is 7. The van der Waals surface area contributed by atoms with E-state index in [1.54, 1.807) is 29.0 Å². The van der Waals surface area contributed by atoms with Gasteiger partial charge in [0, 0.05) is 29.9 Å². The molecule has 0 radical (unpaired) electrons. The number of halogens is 1. The highest BCUT2D eigenvalue weighted by atomic mass is 19.1. The maximum atomic E-state index is 14.2. The summed E-state index contributed by atoms with van der Waals surface area (Å²) >= 11 is 0. The van der Waals surface area contributed by atoms with Gasteiger partial charge in [-0.05, 0) is 60.4 Å². The van der Waals surface area contributed by atoms with Crippen molar-refractivity contribution in [2.24, 2.45) is 0 Å². The van der Waals surface area contributed by atoms with Crippen LogP contribution in [0.1, 0.15) is 48.6 Å². The normalized spacial score (nSPS) is 20.4. The van der Waals surface area contributed by atoms with Crippen LogP contribution in [0.4, 0.5) is 4.39 Å². The topological polar surface area (TPSA) is 74.9 Å². The molecular formula is C32H32FN3O4. The van der Waals surface area contributed by atoms with Gasteiger partial charge in [0.15, 0.2) is 17.0 Å². The van der Waals surface area contributed by atoms with Crippen LogP contribution in [0, 0.1) is 5.82 Å². The summed E-state index contributed by atoms with van der Waals surface area (Å²) in [7, 11) is 1.62. The number of methoxy groups -OCH3 is 1. The second-order valence-corrected chi connectivity index (χ2v) is 10.6. The zero-order valence-corrected chi connectivity index (χ0v) is 22.9. The van der Waals surface area contributed by atoms with Crippen LogP contribution in [0.2, 0.25) is 0 Å². The minimum absolute atomic E-state index is 0.0405. The van der Waals surface area contributed by atoms with Gasteiger partial charge in [0.25, 0.3) is 5.91 Å². The number of carbonyl (C=O) groups is 2. The number of ether oxygens (including phenoxy) is 2.